The lowest BCUT2D eigenvalue weighted by atomic mass is 10.1. The summed E-state index contributed by atoms with van der Waals surface area (Å²) >= 11 is 0. The average molecular weight is 473 g/mol. The number of ether oxygens (including phenoxy) is 2. The van der Waals surface area contributed by atoms with Crippen LogP contribution >= 0.6 is 0 Å². The van der Waals surface area contributed by atoms with Crippen molar-refractivity contribution in [1.82, 2.24) is 0 Å². The van der Waals surface area contributed by atoms with Crippen LogP contribution in [0.3, 0.4) is 0 Å². The lowest BCUT2D eigenvalue weighted by Crippen LogP contribution is -2.29. The number of hydrogen-bond donors (Lipinski definition) is 0. The molecule has 0 saturated carbocycles. The highest BCUT2D eigenvalue weighted by Gasteiger charge is 2.32. The van der Waals surface area contributed by atoms with Crippen molar-refractivity contribution in [1.29, 1.82) is 0 Å². The van der Waals surface area contributed by atoms with E-state index in [1.807, 2.05) is 13.8 Å². The van der Waals surface area contributed by atoms with Crippen LogP contribution in [0.5, 0.6) is 5.75 Å². The number of carbonyl (C=O) groups is 1. The summed E-state index contributed by atoms with van der Waals surface area (Å²) in [5.41, 5.74) is -0.814. The molecular weight excluding hydrogens is 445 g/mol. The summed E-state index contributed by atoms with van der Waals surface area (Å²) in [6.07, 6.45) is -4.91. The molecule has 1 atom stereocenters. The lowest BCUT2D eigenvalue weighted by molar-refractivity contribution is -0.153. The van der Waals surface area contributed by atoms with Crippen LogP contribution in [0, 0.1) is 5.92 Å². The third kappa shape index (κ3) is 6.25. The molecule has 176 valence electrons. The molecule has 5 nitrogen and oxygen atoms in total. The molecule has 0 radical (unpaired) electrons. The molecule has 2 aromatic rings. The minimum absolute atomic E-state index is 0.0825. The number of sulfone groups is 1. The van der Waals surface area contributed by atoms with Crippen molar-refractivity contribution < 1.29 is 35.9 Å². The van der Waals surface area contributed by atoms with Crippen LogP contribution in [0.1, 0.15) is 45.2 Å². The van der Waals surface area contributed by atoms with E-state index in [4.69, 9.17) is 9.47 Å². The van der Waals surface area contributed by atoms with Crippen molar-refractivity contribution in [2.24, 2.45) is 5.92 Å². The van der Waals surface area contributed by atoms with Gasteiger partial charge in [-0.1, -0.05) is 27.7 Å². The van der Waals surface area contributed by atoms with E-state index in [-0.39, 0.29) is 40.0 Å². The van der Waals surface area contributed by atoms with E-state index in [0.717, 1.165) is 18.2 Å². The van der Waals surface area contributed by atoms with Gasteiger partial charge >= 0.3 is 12.1 Å². The van der Waals surface area contributed by atoms with Gasteiger partial charge in [0, 0.05) is 0 Å². The number of alkyl halides is 3. The van der Waals surface area contributed by atoms with Gasteiger partial charge in [-0.05, 0) is 66.8 Å². The zero-order chi connectivity index (χ0) is 24.1. The van der Waals surface area contributed by atoms with E-state index in [9.17, 15) is 26.4 Å². The lowest BCUT2D eigenvalue weighted by Gasteiger charge is -2.18. The number of rotatable bonds is 9. The van der Waals surface area contributed by atoms with Crippen molar-refractivity contribution in [3.8, 4) is 5.75 Å². The Morgan fingerprint density at radius 3 is 2.16 bits per heavy atom. The molecule has 0 aliphatic rings. The Hall–Kier alpha value is -2.55. The smallest absolute Gasteiger partial charge is 0.416 e. The van der Waals surface area contributed by atoms with Gasteiger partial charge in [-0.15, -0.1) is 0 Å². The normalized spacial score (nSPS) is 13.1. The van der Waals surface area contributed by atoms with Gasteiger partial charge in [-0.3, -0.25) is 0 Å². The summed E-state index contributed by atoms with van der Waals surface area (Å²) in [4.78, 5) is 11.9. The second-order valence-electron chi connectivity index (χ2n) is 7.69. The fourth-order valence-corrected chi connectivity index (χ4v) is 4.47. The van der Waals surface area contributed by atoms with Gasteiger partial charge in [0.05, 0.1) is 22.0 Å². The number of aryl methyl sites for hydroxylation is 1. The minimum Gasteiger partial charge on any atom is -0.479 e. The summed E-state index contributed by atoms with van der Waals surface area (Å²) in [5.74, 6) is -0.0465. The van der Waals surface area contributed by atoms with Crippen molar-refractivity contribution in [3.63, 3.8) is 0 Å². The van der Waals surface area contributed by atoms with Crippen LogP contribution < -0.4 is 4.74 Å². The SMILES string of the molecule is CCc1cc(C(F)(F)F)ccc1S(=O)(=O)c1ccc(OC(CC)C(=O)OCC(C)C)cc1. The second-order valence-corrected chi connectivity index (χ2v) is 9.61. The summed E-state index contributed by atoms with van der Waals surface area (Å²) in [7, 11) is -4.04. The highest BCUT2D eigenvalue weighted by Crippen LogP contribution is 2.33. The second kappa shape index (κ2) is 10.4. The van der Waals surface area contributed by atoms with E-state index in [1.165, 1.54) is 24.3 Å². The van der Waals surface area contributed by atoms with Crippen molar-refractivity contribution >= 4 is 15.8 Å². The Morgan fingerprint density at radius 1 is 1.03 bits per heavy atom. The molecule has 0 aromatic heterocycles. The maximum Gasteiger partial charge on any atom is 0.416 e. The minimum atomic E-state index is -4.56. The van der Waals surface area contributed by atoms with Crippen molar-refractivity contribution in [2.45, 2.75) is 62.6 Å². The van der Waals surface area contributed by atoms with Gasteiger partial charge in [-0.2, -0.15) is 13.2 Å². The van der Waals surface area contributed by atoms with Crippen LogP contribution in [0.2, 0.25) is 0 Å². The van der Waals surface area contributed by atoms with Crippen LogP contribution in [-0.4, -0.2) is 27.1 Å². The van der Waals surface area contributed by atoms with E-state index < -0.39 is 33.7 Å². The molecule has 1 unspecified atom stereocenters. The fourth-order valence-electron chi connectivity index (χ4n) is 2.92. The van der Waals surface area contributed by atoms with E-state index >= 15 is 0 Å². The zero-order valence-electron chi connectivity index (χ0n) is 18.4. The molecule has 2 aromatic carbocycles. The molecule has 0 N–H and O–H groups in total. The Morgan fingerprint density at radius 2 is 1.66 bits per heavy atom. The number of benzene rings is 2. The predicted octanol–water partition coefficient (Wildman–Crippen LogP) is 5.46. The molecule has 32 heavy (non-hydrogen) atoms. The number of esters is 1. The molecule has 0 aliphatic heterocycles. The van der Waals surface area contributed by atoms with Crippen LogP contribution in [0.15, 0.2) is 52.3 Å². The molecule has 0 aliphatic carbocycles. The largest absolute Gasteiger partial charge is 0.479 e. The average Bonchev–Trinajstić information content (AvgIpc) is 2.74. The number of hydrogen-bond acceptors (Lipinski definition) is 5. The summed E-state index contributed by atoms with van der Waals surface area (Å²) < 4.78 is 75.8. The highest BCUT2D eigenvalue weighted by atomic mass is 32.2. The van der Waals surface area contributed by atoms with Crippen LogP contribution in [-0.2, 0) is 32.0 Å². The maximum atomic E-state index is 13.0. The molecule has 0 bridgehead atoms. The van der Waals surface area contributed by atoms with Gasteiger partial charge in [-0.25, -0.2) is 13.2 Å². The molecule has 0 heterocycles. The quantitative estimate of drug-likeness (QED) is 0.454. The Balaban J connectivity index is 2.25. The summed E-state index contributed by atoms with van der Waals surface area (Å²) in [5, 5.41) is 0. The first-order valence-electron chi connectivity index (χ1n) is 10.3. The zero-order valence-corrected chi connectivity index (χ0v) is 19.2. The van der Waals surface area contributed by atoms with Crippen molar-refractivity contribution in [2.75, 3.05) is 6.61 Å². The molecule has 2 rings (SSSR count). The van der Waals surface area contributed by atoms with Gasteiger partial charge < -0.3 is 9.47 Å². The monoisotopic (exact) mass is 472 g/mol. The molecule has 0 spiro atoms. The first-order chi connectivity index (χ1) is 14.9. The van der Waals surface area contributed by atoms with Crippen LogP contribution in [0.25, 0.3) is 0 Å². The summed E-state index contributed by atoms with van der Waals surface area (Å²) in [6.45, 7) is 7.44. The van der Waals surface area contributed by atoms with Crippen molar-refractivity contribution in [3.05, 3.63) is 53.6 Å². The number of halogens is 3. The summed E-state index contributed by atoms with van der Waals surface area (Å²) in [6, 6.07) is 8.01. The predicted molar refractivity (Wildman–Crippen MR) is 113 cm³/mol. The first-order valence-corrected chi connectivity index (χ1v) is 11.8. The standard InChI is InChI=1S/C23H27F3O5S/c1-5-16-13-17(23(24,25)26)7-12-21(16)32(28,29)19-10-8-18(9-11-19)31-20(6-2)22(27)30-14-15(3)4/h7-13,15,20H,5-6,14H2,1-4H3. The van der Waals surface area contributed by atoms with E-state index in [2.05, 4.69) is 0 Å². The Labute approximate surface area is 186 Å². The van der Waals surface area contributed by atoms with Gasteiger partial charge in [0.1, 0.15) is 5.75 Å². The molecular formula is C23H27F3O5S. The molecule has 0 fully saturated rings. The maximum absolute atomic E-state index is 13.0. The number of carbonyl (C=O) groups excluding carboxylic acids is 1. The van der Waals surface area contributed by atoms with Crippen LogP contribution in [0.4, 0.5) is 13.2 Å². The van der Waals surface area contributed by atoms with E-state index in [0.29, 0.717) is 6.42 Å². The molecule has 0 amide bonds. The Kier molecular flexibility index (Phi) is 8.34. The molecule has 0 saturated heterocycles. The Bertz CT molecular complexity index is 1030. The van der Waals surface area contributed by atoms with Gasteiger partial charge in [0.25, 0.3) is 0 Å². The third-order valence-corrected chi connectivity index (χ3v) is 6.53. The van der Waals surface area contributed by atoms with Gasteiger partial charge in [0.15, 0.2) is 6.10 Å². The van der Waals surface area contributed by atoms with Gasteiger partial charge in [0.2, 0.25) is 9.84 Å². The van der Waals surface area contributed by atoms with E-state index in [1.54, 1.807) is 13.8 Å². The first kappa shape index (κ1) is 25.7. The third-order valence-electron chi connectivity index (χ3n) is 4.66. The topological polar surface area (TPSA) is 69.7 Å². The molecule has 9 heteroatoms. The fraction of sp³-hybridized carbons (Fsp3) is 0.435. The highest BCUT2D eigenvalue weighted by molar-refractivity contribution is 7.91.